The van der Waals surface area contributed by atoms with Crippen molar-refractivity contribution in [3.8, 4) is 5.88 Å². The molecule has 0 atom stereocenters. The normalized spacial score (nSPS) is 19.2. The second-order valence-electron chi connectivity index (χ2n) is 6.93. The third kappa shape index (κ3) is 5.42. The van der Waals surface area contributed by atoms with Gasteiger partial charge in [-0.05, 0) is 44.3 Å². The Morgan fingerprint density at radius 1 is 1.08 bits per heavy atom. The number of rotatable bonds is 4. The molecule has 0 bridgehead atoms. The molecule has 1 aliphatic heterocycles. The van der Waals surface area contributed by atoms with Gasteiger partial charge in [0.15, 0.2) is 5.11 Å². The highest BCUT2D eigenvalue weighted by molar-refractivity contribution is 7.80. The Kier molecular flexibility index (Phi) is 6.67. The Morgan fingerprint density at radius 2 is 1.76 bits per heavy atom. The Balaban J connectivity index is 1.64. The van der Waals surface area contributed by atoms with Crippen LogP contribution in [0.15, 0.2) is 6.07 Å². The van der Waals surface area contributed by atoms with Gasteiger partial charge in [-0.25, -0.2) is 0 Å². The van der Waals surface area contributed by atoms with E-state index in [9.17, 15) is 0 Å². The molecular formula is C18H29N5OS. The molecule has 1 saturated carbocycles. The molecular weight excluding hydrogens is 334 g/mol. The molecule has 138 valence electrons. The molecule has 0 spiro atoms. The lowest BCUT2D eigenvalue weighted by molar-refractivity contribution is 0.397. The van der Waals surface area contributed by atoms with Crippen LogP contribution in [0, 0.1) is 0 Å². The number of ether oxygens (including phenoxy) is 1. The maximum Gasteiger partial charge on any atom is 0.234 e. The van der Waals surface area contributed by atoms with Crippen molar-refractivity contribution < 1.29 is 4.74 Å². The summed E-state index contributed by atoms with van der Waals surface area (Å²) in [7, 11) is 1.63. The van der Waals surface area contributed by atoms with Gasteiger partial charge >= 0.3 is 0 Å². The first kappa shape index (κ1) is 18.2. The SMILES string of the molecule is COc1cc(N2CCCCC2)nc(NC(=S)NC2CCCCCC2)n1. The van der Waals surface area contributed by atoms with Crippen LogP contribution in [0.1, 0.15) is 57.8 Å². The fraction of sp³-hybridized carbons (Fsp3) is 0.722. The first-order valence-corrected chi connectivity index (χ1v) is 9.91. The summed E-state index contributed by atoms with van der Waals surface area (Å²) in [5.74, 6) is 1.98. The first-order chi connectivity index (χ1) is 12.2. The van der Waals surface area contributed by atoms with Gasteiger partial charge in [-0.15, -0.1) is 0 Å². The van der Waals surface area contributed by atoms with E-state index in [-0.39, 0.29) is 0 Å². The molecule has 0 unspecified atom stereocenters. The van der Waals surface area contributed by atoms with Crippen LogP contribution >= 0.6 is 12.2 Å². The van der Waals surface area contributed by atoms with Crippen molar-refractivity contribution >= 4 is 29.1 Å². The van der Waals surface area contributed by atoms with Crippen molar-refractivity contribution in [1.82, 2.24) is 15.3 Å². The molecule has 2 fully saturated rings. The van der Waals surface area contributed by atoms with E-state index in [0.717, 1.165) is 18.9 Å². The van der Waals surface area contributed by atoms with Crippen molar-refractivity contribution in [2.24, 2.45) is 0 Å². The maximum atomic E-state index is 5.48. The van der Waals surface area contributed by atoms with E-state index < -0.39 is 0 Å². The number of hydrogen-bond donors (Lipinski definition) is 2. The predicted molar refractivity (Wildman–Crippen MR) is 105 cm³/mol. The summed E-state index contributed by atoms with van der Waals surface area (Å²) in [6, 6.07) is 2.35. The summed E-state index contributed by atoms with van der Waals surface area (Å²) in [4.78, 5) is 11.3. The molecule has 2 aliphatic rings. The van der Waals surface area contributed by atoms with Crippen molar-refractivity contribution in [2.75, 3.05) is 30.4 Å². The van der Waals surface area contributed by atoms with Gasteiger partial charge in [-0.1, -0.05) is 25.7 Å². The minimum Gasteiger partial charge on any atom is -0.481 e. The van der Waals surface area contributed by atoms with E-state index in [4.69, 9.17) is 17.0 Å². The monoisotopic (exact) mass is 363 g/mol. The lowest BCUT2D eigenvalue weighted by Gasteiger charge is -2.28. The van der Waals surface area contributed by atoms with Gasteiger partial charge in [0.05, 0.1) is 7.11 Å². The lowest BCUT2D eigenvalue weighted by Crippen LogP contribution is -2.38. The number of thiocarbonyl (C=S) groups is 1. The minimum atomic E-state index is 0.453. The summed E-state index contributed by atoms with van der Waals surface area (Å²) >= 11 is 5.48. The third-order valence-electron chi connectivity index (χ3n) is 4.99. The Hall–Kier alpha value is -1.63. The number of anilines is 2. The van der Waals surface area contributed by atoms with Crippen LogP contribution in [-0.2, 0) is 0 Å². The number of aromatic nitrogens is 2. The van der Waals surface area contributed by atoms with Crippen molar-refractivity contribution in [3.05, 3.63) is 6.07 Å². The zero-order valence-electron chi connectivity index (χ0n) is 15.1. The van der Waals surface area contributed by atoms with Gasteiger partial charge in [0, 0.05) is 25.2 Å². The van der Waals surface area contributed by atoms with E-state index in [1.165, 1.54) is 57.8 Å². The van der Waals surface area contributed by atoms with Gasteiger partial charge in [0.1, 0.15) is 5.82 Å². The van der Waals surface area contributed by atoms with Crippen LogP contribution in [0.2, 0.25) is 0 Å². The molecule has 0 radical (unpaired) electrons. The summed E-state index contributed by atoms with van der Waals surface area (Å²) in [5.41, 5.74) is 0. The first-order valence-electron chi connectivity index (χ1n) is 9.50. The fourth-order valence-electron chi connectivity index (χ4n) is 3.61. The quantitative estimate of drug-likeness (QED) is 0.627. The van der Waals surface area contributed by atoms with Crippen LogP contribution in [0.25, 0.3) is 0 Å². The predicted octanol–water partition coefficient (Wildman–Crippen LogP) is 3.48. The van der Waals surface area contributed by atoms with Gasteiger partial charge in [0.25, 0.3) is 0 Å². The van der Waals surface area contributed by atoms with Crippen molar-refractivity contribution in [2.45, 2.75) is 63.8 Å². The van der Waals surface area contributed by atoms with E-state index >= 15 is 0 Å². The highest BCUT2D eigenvalue weighted by Crippen LogP contribution is 2.23. The summed E-state index contributed by atoms with van der Waals surface area (Å²) in [6.45, 7) is 2.06. The van der Waals surface area contributed by atoms with E-state index in [0.29, 0.717) is 23.0 Å². The van der Waals surface area contributed by atoms with E-state index in [1.54, 1.807) is 7.11 Å². The highest BCUT2D eigenvalue weighted by atomic mass is 32.1. The summed E-state index contributed by atoms with van der Waals surface area (Å²) in [5, 5.41) is 7.19. The highest BCUT2D eigenvalue weighted by Gasteiger charge is 2.17. The van der Waals surface area contributed by atoms with Gasteiger partial charge in [-0.3, -0.25) is 0 Å². The zero-order valence-corrected chi connectivity index (χ0v) is 15.9. The van der Waals surface area contributed by atoms with Crippen LogP contribution in [0.4, 0.5) is 11.8 Å². The number of piperidine rings is 1. The second-order valence-corrected chi connectivity index (χ2v) is 7.34. The Morgan fingerprint density at radius 3 is 2.44 bits per heavy atom. The Labute approximate surface area is 155 Å². The molecule has 6 nitrogen and oxygen atoms in total. The number of hydrogen-bond acceptors (Lipinski definition) is 5. The van der Waals surface area contributed by atoms with E-state index in [2.05, 4.69) is 25.5 Å². The molecule has 1 aliphatic carbocycles. The molecule has 1 saturated heterocycles. The molecule has 3 rings (SSSR count). The smallest absolute Gasteiger partial charge is 0.234 e. The second kappa shape index (κ2) is 9.17. The summed E-state index contributed by atoms with van der Waals surface area (Å²) < 4.78 is 5.35. The van der Waals surface area contributed by atoms with Gasteiger partial charge in [0.2, 0.25) is 11.8 Å². The molecule has 0 amide bonds. The van der Waals surface area contributed by atoms with Crippen LogP contribution in [-0.4, -0.2) is 41.3 Å². The minimum absolute atomic E-state index is 0.453. The molecule has 7 heteroatoms. The van der Waals surface area contributed by atoms with E-state index in [1.807, 2.05) is 6.07 Å². The summed E-state index contributed by atoms with van der Waals surface area (Å²) in [6.07, 6.45) is 11.3. The molecule has 1 aromatic heterocycles. The maximum absolute atomic E-state index is 5.48. The molecule has 1 aromatic rings. The van der Waals surface area contributed by atoms with Gasteiger partial charge in [-0.2, -0.15) is 9.97 Å². The molecule has 2 heterocycles. The average Bonchev–Trinajstić information content (AvgIpc) is 2.90. The largest absolute Gasteiger partial charge is 0.481 e. The number of methoxy groups -OCH3 is 1. The molecule has 2 N–H and O–H groups in total. The fourth-order valence-corrected chi connectivity index (χ4v) is 3.86. The van der Waals surface area contributed by atoms with Crippen molar-refractivity contribution in [1.29, 1.82) is 0 Å². The van der Waals surface area contributed by atoms with Crippen LogP contribution in [0.5, 0.6) is 5.88 Å². The number of nitrogens with zero attached hydrogens (tertiary/aromatic N) is 3. The topological polar surface area (TPSA) is 62.3 Å². The number of nitrogens with one attached hydrogen (secondary N) is 2. The third-order valence-corrected chi connectivity index (χ3v) is 5.21. The average molecular weight is 364 g/mol. The van der Waals surface area contributed by atoms with Crippen LogP contribution in [0.3, 0.4) is 0 Å². The molecule has 0 aromatic carbocycles. The zero-order chi connectivity index (χ0) is 17.5. The molecule has 25 heavy (non-hydrogen) atoms. The van der Waals surface area contributed by atoms with Gasteiger partial charge < -0.3 is 20.3 Å². The Bertz CT molecular complexity index is 569. The van der Waals surface area contributed by atoms with Crippen LogP contribution < -0.4 is 20.3 Å². The van der Waals surface area contributed by atoms with Crippen molar-refractivity contribution in [3.63, 3.8) is 0 Å². The lowest BCUT2D eigenvalue weighted by atomic mass is 10.1. The standard InChI is InChI=1S/C18H29N5OS/c1-24-16-13-15(23-11-7-4-8-12-23)20-17(21-16)22-18(25)19-14-9-5-2-3-6-10-14/h13-14H,2-12H2,1H3,(H2,19,20,21,22,25).